The van der Waals surface area contributed by atoms with E-state index in [4.69, 9.17) is 0 Å². The van der Waals surface area contributed by atoms with Gasteiger partial charge < -0.3 is 4.90 Å². The molecule has 1 aromatic rings. The van der Waals surface area contributed by atoms with Gasteiger partial charge in [0.1, 0.15) is 0 Å². The van der Waals surface area contributed by atoms with Crippen LogP contribution < -0.4 is 4.90 Å². The molecule has 0 spiro atoms. The molecule has 0 bridgehead atoms. The monoisotopic (exact) mass is 215 g/mol. The number of nitrogens with zero attached hydrogens (tertiary/aromatic N) is 1. The molecule has 1 aliphatic rings. The molecule has 1 fully saturated rings. The first-order valence-corrected chi connectivity index (χ1v) is 6.07. The highest BCUT2D eigenvalue weighted by Gasteiger charge is 2.16. The summed E-state index contributed by atoms with van der Waals surface area (Å²) in [5.74, 6) is 0. The molecule has 0 unspecified atom stereocenters. The molecule has 0 saturated carbocycles. The number of piperidine rings is 1. The van der Waals surface area contributed by atoms with Gasteiger partial charge in [-0.05, 0) is 44.7 Å². The summed E-state index contributed by atoms with van der Waals surface area (Å²) >= 11 is 0. The van der Waals surface area contributed by atoms with E-state index in [1.807, 2.05) is 0 Å². The predicted octanol–water partition coefficient (Wildman–Crippen LogP) is 3.77. The van der Waals surface area contributed by atoms with E-state index in [2.05, 4.69) is 44.4 Å². The van der Waals surface area contributed by atoms with Crippen LogP contribution in [0, 0.1) is 20.8 Å². The zero-order chi connectivity index (χ0) is 11.7. The molecule has 86 valence electrons. The lowest BCUT2D eigenvalue weighted by Crippen LogP contribution is -2.31. The summed E-state index contributed by atoms with van der Waals surface area (Å²) in [7, 11) is 0. The number of rotatable bonds is 1. The molecule has 1 aliphatic heterocycles. The molecule has 0 radical (unpaired) electrons. The van der Waals surface area contributed by atoms with Crippen LogP contribution in [0.2, 0.25) is 0 Å². The van der Waals surface area contributed by atoms with Crippen molar-refractivity contribution in [3.8, 4) is 0 Å². The highest BCUT2D eigenvalue weighted by molar-refractivity contribution is 5.61. The van der Waals surface area contributed by atoms with Crippen molar-refractivity contribution in [2.75, 3.05) is 18.0 Å². The fraction of sp³-hybridized carbons (Fsp3) is 0.467. The number of aryl methyl sites for hydroxylation is 3. The standard InChI is InChI=1S/C15H21N/c1-11-6-5-7-16(10-11)15-13(3)8-12(2)9-14(15)4/h8-9H,1,5-7,10H2,2-4H3. The van der Waals surface area contributed by atoms with Gasteiger partial charge in [0.05, 0.1) is 0 Å². The summed E-state index contributed by atoms with van der Waals surface area (Å²) in [6, 6.07) is 4.55. The zero-order valence-corrected chi connectivity index (χ0v) is 10.6. The van der Waals surface area contributed by atoms with Crippen LogP contribution in [0.25, 0.3) is 0 Å². The van der Waals surface area contributed by atoms with Gasteiger partial charge in [-0.2, -0.15) is 0 Å². The van der Waals surface area contributed by atoms with Crippen molar-refractivity contribution in [1.29, 1.82) is 0 Å². The maximum atomic E-state index is 4.13. The molecule has 0 aromatic heterocycles. The van der Waals surface area contributed by atoms with E-state index in [0.29, 0.717) is 0 Å². The molecule has 0 atom stereocenters. The number of anilines is 1. The molecule has 16 heavy (non-hydrogen) atoms. The third-order valence-corrected chi connectivity index (χ3v) is 3.32. The minimum Gasteiger partial charge on any atom is -0.367 e. The summed E-state index contributed by atoms with van der Waals surface area (Å²) in [6.07, 6.45) is 2.44. The van der Waals surface area contributed by atoms with E-state index in [0.717, 1.165) is 6.54 Å². The zero-order valence-electron chi connectivity index (χ0n) is 10.6. The van der Waals surface area contributed by atoms with Crippen molar-refractivity contribution in [2.45, 2.75) is 33.6 Å². The number of hydrogen-bond acceptors (Lipinski definition) is 1. The van der Waals surface area contributed by atoms with E-state index in [1.165, 1.54) is 47.3 Å². The van der Waals surface area contributed by atoms with Gasteiger partial charge >= 0.3 is 0 Å². The van der Waals surface area contributed by atoms with Gasteiger partial charge in [0, 0.05) is 18.8 Å². The van der Waals surface area contributed by atoms with Crippen molar-refractivity contribution >= 4 is 5.69 Å². The molecular formula is C15H21N. The molecular weight excluding hydrogens is 194 g/mol. The minimum absolute atomic E-state index is 1.03. The highest BCUT2D eigenvalue weighted by Crippen LogP contribution is 2.29. The normalized spacial score (nSPS) is 16.7. The second kappa shape index (κ2) is 4.32. The lowest BCUT2D eigenvalue weighted by molar-refractivity contribution is 0.676. The van der Waals surface area contributed by atoms with Crippen molar-refractivity contribution in [2.24, 2.45) is 0 Å². The van der Waals surface area contributed by atoms with Crippen LogP contribution in [0.1, 0.15) is 29.5 Å². The Bertz CT molecular complexity index is 394. The Morgan fingerprint density at radius 1 is 1.12 bits per heavy atom. The largest absolute Gasteiger partial charge is 0.367 e. The predicted molar refractivity (Wildman–Crippen MR) is 71.2 cm³/mol. The Hall–Kier alpha value is -1.24. The molecule has 1 aromatic carbocycles. The number of benzene rings is 1. The van der Waals surface area contributed by atoms with Crippen LogP contribution >= 0.6 is 0 Å². The Labute approximate surface area is 98.8 Å². The van der Waals surface area contributed by atoms with E-state index >= 15 is 0 Å². The summed E-state index contributed by atoms with van der Waals surface area (Å²) in [5.41, 5.74) is 6.94. The van der Waals surface area contributed by atoms with Gasteiger partial charge in [-0.3, -0.25) is 0 Å². The maximum absolute atomic E-state index is 4.13. The summed E-state index contributed by atoms with van der Waals surface area (Å²) in [5, 5.41) is 0. The van der Waals surface area contributed by atoms with Crippen LogP contribution in [0.15, 0.2) is 24.3 Å². The second-order valence-electron chi connectivity index (χ2n) is 5.02. The highest BCUT2D eigenvalue weighted by atomic mass is 15.1. The van der Waals surface area contributed by atoms with Crippen LogP contribution in [-0.2, 0) is 0 Å². The minimum atomic E-state index is 1.03. The smallest absolute Gasteiger partial charge is 0.0428 e. The SMILES string of the molecule is C=C1CCCN(c2c(C)cc(C)cc2C)C1. The van der Waals surface area contributed by atoms with E-state index in [-0.39, 0.29) is 0 Å². The fourth-order valence-electron chi connectivity index (χ4n) is 2.81. The van der Waals surface area contributed by atoms with E-state index in [9.17, 15) is 0 Å². The first-order valence-electron chi connectivity index (χ1n) is 6.07. The summed E-state index contributed by atoms with van der Waals surface area (Å²) in [4.78, 5) is 2.48. The average molecular weight is 215 g/mol. The van der Waals surface area contributed by atoms with Crippen molar-refractivity contribution in [1.82, 2.24) is 0 Å². The third kappa shape index (κ3) is 2.13. The molecule has 1 heteroatoms. The van der Waals surface area contributed by atoms with Crippen LogP contribution in [0.5, 0.6) is 0 Å². The Kier molecular flexibility index (Phi) is 3.04. The first kappa shape index (κ1) is 11.3. The van der Waals surface area contributed by atoms with Crippen molar-refractivity contribution < 1.29 is 0 Å². The average Bonchev–Trinajstić information content (AvgIpc) is 2.15. The topological polar surface area (TPSA) is 3.24 Å². The molecule has 1 saturated heterocycles. The summed E-state index contributed by atoms with van der Waals surface area (Å²) < 4.78 is 0. The second-order valence-corrected chi connectivity index (χ2v) is 5.02. The molecule has 0 N–H and O–H groups in total. The van der Waals surface area contributed by atoms with Gasteiger partial charge in [0.2, 0.25) is 0 Å². The molecule has 2 rings (SSSR count). The Morgan fingerprint density at radius 2 is 1.75 bits per heavy atom. The Balaban J connectivity index is 2.35. The van der Waals surface area contributed by atoms with E-state index < -0.39 is 0 Å². The van der Waals surface area contributed by atoms with Gasteiger partial charge in [-0.25, -0.2) is 0 Å². The van der Waals surface area contributed by atoms with Crippen LogP contribution in [0.3, 0.4) is 0 Å². The van der Waals surface area contributed by atoms with Crippen molar-refractivity contribution in [3.63, 3.8) is 0 Å². The van der Waals surface area contributed by atoms with Crippen LogP contribution in [-0.4, -0.2) is 13.1 Å². The van der Waals surface area contributed by atoms with Crippen molar-refractivity contribution in [3.05, 3.63) is 41.0 Å². The Morgan fingerprint density at radius 3 is 2.31 bits per heavy atom. The maximum Gasteiger partial charge on any atom is 0.0428 e. The lowest BCUT2D eigenvalue weighted by Gasteiger charge is -2.33. The molecule has 0 amide bonds. The number of hydrogen-bond donors (Lipinski definition) is 0. The lowest BCUT2D eigenvalue weighted by atomic mass is 10.00. The third-order valence-electron chi connectivity index (χ3n) is 3.32. The quantitative estimate of drug-likeness (QED) is 0.645. The first-order chi connectivity index (χ1) is 7.58. The van der Waals surface area contributed by atoms with Crippen LogP contribution in [0.4, 0.5) is 5.69 Å². The van der Waals surface area contributed by atoms with Gasteiger partial charge in [0.25, 0.3) is 0 Å². The van der Waals surface area contributed by atoms with Gasteiger partial charge in [-0.1, -0.05) is 29.8 Å². The van der Waals surface area contributed by atoms with Gasteiger partial charge in [-0.15, -0.1) is 0 Å². The fourth-order valence-corrected chi connectivity index (χ4v) is 2.81. The molecule has 1 nitrogen and oxygen atoms in total. The molecule has 1 heterocycles. The summed E-state index contributed by atoms with van der Waals surface area (Å²) in [6.45, 7) is 12.9. The molecule has 0 aliphatic carbocycles. The van der Waals surface area contributed by atoms with E-state index in [1.54, 1.807) is 0 Å². The van der Waals surface area contributed by atoms with Gasteiger partial charge in [0.15, 0.2) is 0 Å².